The number of nitrogens with two attached hydrogens (primary N) is 1. The third-order valence-corrected chi connectivity index (χ3v) is 11.4. The van der Waals surface area contributed by atoms with Crippen molar-refractivity contribution in [1.82, 2.24) is 20.6 Å². The van der Waals surface area contributed by atoms with Gasteiger partial charge in [-0.3, -0.25) is 24.0 Å². The Labute approximate surface area is 509 Å². The molecule has 0 unspecified atom stereocenters. The summed E-state index contributed by atoms with van der Waals surface area (Å²) >= 11 is 6.76. The summed E-state index contributed by atoms with van der Waals surface area (Å²) in [5.74, 6) is -2.09. The van der Waals surface area contributed by atoms with E-state index >= 15 is 0 Å². The summed E-state index contributed by atoms with van der Waals surface area (Å²) in [6, 6.07) is 39.1. The molecular weight excluding hydrogens is 1230 g/mol. The molecule has 7 rings (SSSR count). The molecule has 428 valence electrons. The van der Waals surface area contributed by atoms with E-state index in [0.717, 1.165) is 38.9 Å². The molecule has 1 aliphatic heterocycles. The SMILES string of the molecule is C1CCOC1.CC(=O)c1cccc(F)c1.CN(C)CCC(=O)c1cccc(F)c1.CNC.CON(C)C(=O)c1cccc(F)c1.C[C@H](N)c1ccc(Br)cc1.C[C@H](NCCC(=O)c1cccc(F)c1)c1ccc(Br)cc1.[Br-].[CH3-].[Mg+2]. The van der Waals surface area contributed by atoms with E-state index in [1.54, 1.807) is 30.3 Å². The number of carbonyl (C=O) groups is 4. The van der Waals surface area contributed by atoms with Crippen LogP contribution in [0, 0.1) is 30.7 Å². The summed E-state index contributed by atoms with van der Waals surface area (Å²) in [5.41, 5.74) is 9.54. The van der Waals surface area contributed by atoms with Crippen LogP contribution in [0.3, 0.4) is 0 Å². The summed E-state index contributed by atoms with van der Waals surface area (Å²) in [6.45, 7) is 8.69. The van der Waals surface area contributed by atoms with Crippen LogP contribution in [-0.2, 0) is 9.57 Å². The molecule has 1 saturated heterocycles. The molecule has 0 radical (unpaired) electrons. The van der Waals surface area contributed by atoms with Crippen LogP contribution in [-0.4, -0.2) is 125 Å². The number of benzene rings is 6. The average Bonchev–Trinajstić information content (AvgIpc) is 4.00. The zero-order chi connectivity index (χ0) is 57.0. The van der Waals surface area contributed by atoms with Crippen molar-refractivity contribution in [3.63, 3.8) is 0 Å². The predicted molar refractivity (Wildman–Crippen MR) is 316 cm³/mol. The minimum atomic E-state index is -0.435. The molecule has 1 aliphatic rings. The molecule has 0 bridgehead atoms. The number of nitrogens with one attached hydrogen (secondary N) is 2. The number of hydrogen-bond donors (Lipinski definition) is 3. The van der Waals surface area contributed by atoms with E-state index in [4.69, 9.17) is 10.5 Å². The monoisotopic (exact) mass is 1300 g/mol. The van der Waals surface area contributed by atoms with Crippen molar-refractivity contribution in [2.45, 2.75) is 58.5 Å². The van der Waals surface area contributed by atoms with Crippen LogP contribution < -0.4 is 33.3 Å². The molecule has 11 nitrogen and oxygen atoms in total. The number of Topliss-reactive ketones (excluding diaryl/α,β-unsaturated/α-hetero) is 3. The number of hydrogen-bond acceptors (Lipinski definition) is 10. The van der Waals surface area contributed by atoms with E-state index in [9.17, 15) is 36.7 Å². The molecule has 1 heterocycles. The maximum Gasteiger partial charge on any atom is 2.00 e. The predicted octanol–water partition coefficient (Wildman–Crippen LogP) is 10.1. The Morgan fingerprint density at radius 1 is 0.633 bits per heavy atom. The van der Waals surface area contributed by atoms with Crippen molar-refractivity contribution in [3.05, 3.63) is 219 Å². The summed E-state index contributed by atoms with van der Waals surface area (Å²) in [4.78, 5) is 52.0. The van der Waals surface area contributed by atoms with E-state index < -0.39 is 5.82 Å². The fourth-order valence-electron chi connectivity index (χ4n) is 6.08. The van der Waals surface area contributed by atoms with Gasteiger partial charge < -0.3 is 50.4 Å². The number of carbonyl (C=O) groups excluding carboxylic acids is 4. The van der Waals surface area contributed by atoms with Gasteiger partial charge in [-0.1, -0.05) is 98.6 Å². The topological polar surface area (TPSA) is 143 Å². The average molecular weight is 1300 g/mol. The van der Waals surface area contributed by atoms with Gasteiger partial charge in [0, 0.05) is 89.5 Å². The van der Waals surface area contributed by atoms with E-state index in [0.29, 0.717) is 42.6 Å². The quantitative estimate of drug-likeness (QED) is 0.0317. The number of hydroxylamine groups is 2. The van der Waals surface area contributed by atoms with E-state index in [1.807, 2.05) is 88.5 Å². The zero-order valence-corrected chi connectivity index (χ0v) is 53.1. The minimum Gasteiger partial charge on any atom is -1.00 e. The Kier molecular flexibility index (Phi) is 46.0. The van der Waals surface area contributed by atoms with Crippen LogP contribution in [0.1, 0.15) is 111 Å². The first-order chi connectivity index (χ1) is 36.1. The van der Waals surface area contributed by atoms with Crippen molar-refractivity contribution in [2.24, 2.45) is 5.73 Å². The largest absolute Gasteiger partial charge is 2.00 e. The third kappa shape index (κ3) is 36.5. The molecule has 0 aromatic heterocycles. The number of nitrogens with zero attached hydrogens (tertiary/aromatic N) is 2. The Bertz CT molecular complexity index is 2610. The van der Waals surface area contributed by atoms with Crippen LogP contribution in [0.5, 0.6) is 0 Å². The molecule has 2 atom stereocenters. The second-order valence-corrected chi connectivity index (χ2v) is 19.0. The Morgan fingerprint density at radius 3 is 1.34 bits per heavy atom. The van der Waals surface area contributed by atoms with Gasteiger partial charge in [0.1, 0.15) is 23.3 Å². The smallest absolute Gasteiger partial charge is 1.00 e. The van der Waals surface area contributed by atoms with E-state index in [-0.39, 0.29) is 106 Å². The second-order valence-electron chi connectivity index (χ2n) is 17.1. The van der Waals surface area contributed by atoms with Gasteiger partial charge in [0.25, 0.3) is 5.91 Å². The molecule has 0 saturated carbocycles. The number of amides is 1. The van der Waals surface area contributed by atoms with Gasteiger partial charge in [-0.2, -0.15) is 0 Å². The molecule has 4 N–H and O–H groups in total. The molecular formula is C60H76Br3F4MgN5O6. The molecule has 0 spiro atoms. The Hall–Kier alpha value is -4.51. The number of halogens is 7. The zero-order valence-electron chi connectivity index (χ0n) is 46.9. The van der Waals surface area contributed by atoms with Gasteiger partial charge in [0.2, 0.25) is 0 Å². The van der Waals surface area contributed by atoms with Crippen molar-refractivity contribution >= 4 is 78.2 Å². The van der Waals surface area contributed by atoms with Crippen LogP contribution in [0.15, 0.2) is 155 Å². The van der Waals surface area contributed by atoms with Crippen LogP contribution >= 0.6 is 31.9 Å². The molecule has 6 aromatic rings. The number of ketones is 3. The van der Waals surface area contributed by atoms with Crippen molar-refractivity contribution in [3.8, 4) is 0 Å². The first kappa shape index (κ1) is 78.7. The normalized spacial score (nSPS) is 11.3. The molecule has 79 heavy (non-hydrogen) atoms. The van der Waals surface area contributed by atoms with Gasteiger partial charge in [0.15, 0.2) is 17.3 Å². The molecule has 1 fully saturated rings. The second kappa shape index (κ2) is 46.1. The third-order valence-electron chi connectivity index (χ3n) is 10.3. The standard InChI is InChI=1S/C17H17BrFNO.C11H14FNO.C9H10FNO2.C8H10BrN.C8H7FO.C4H8O.C2H7N.CH3.BrH.Mg/c1-12(13-5-7-15(18)8-6-13)20-10-9-17(21)14-3-2-4-16(19)11-14;1-13(2)7-6-11(14)9-4-3-5-10(12)8-9;1-11(13-2)9(12)7-4-3-5-8(10)6-7;1-6(10)7-2-4-8(9)5-3-7;1-6(10)7-3-2-4-8(9)5-7;1-2-4-5-3-1;1-3-2;;;/h2-8,11-12,20H,9-10H2,1H3;3-5,8H,6-7H2,1-2H3;3-6H,1-2H3;2-6H,10H2,1H3;2-5H,1H3;1-4H2;3H,1-2H3;1H3;1H;/q;;;;;;;-1;;+2/p-1/t12-;;;6-;;;;;;/m0..0....../s1. The van der Waals surface area contributed by atoms with Gasteiger partial charge in [0.05, 0.1) is 7.11 Å². The molecule has 0 aliphatic carbocycles. The number of ether oxygens (including phenoxy) is 1. The first-order valence-electron chi connectivity index (χ1n) is 24.3. The first-order valence-corrected chi connectivity index (χ1v) is 25.9. The van der Waals surface area contributed by atoms with E-state index in [1.165, 1.54) is 100 Å². The fraction of sp³-hybridized carbons (Fsp3) is 0.317. The van der Waals surface area contributed by atoms with E-state index in [2.05, 4.69) is 54.3 Å². The molecule has 1 amide bonds. The van der Waals surface area contributed by atoms with Crippen LogP contribution in [0.2, 0.25) is 0 Å². The molecule has 6 aromatic carbocycles. The minimum absolute atomic E-state index is 0. The van der Waals surface area contributed by atoms with Gasteiger partial charge in [-0.15, -0.1) is 0 Å². The van der Waals surface area contributed by atoms with Crippen molar-refractivity contribution in [2.75, 3.05) is 68.7 Å². The van der Waals surface area contributed by atoms with Crippen molar-refractivity contribution in [1.29, 1.82) is 0 Å². The summed E-state index contributed by atoms with van der Waals surface area (Å²) in [5, 5.41) is 7.09. The van der Waals surface area contributed by atoms with Gasteiger partial charge >= 0.3 is 23.1 Å². The summed E-state index contributed by atoms with van der Waals surface area (Å²) < 4.78 is 58.0. The Morgan fingerprint density at radius 2 is 1.00 bits per heavy atom. The summed E-state index contributed by atoms with van der Waals surface area (Å²) in [7, 11) is 10.4. The maximum absolute atomic E-state index is 13.1. The van der Waals surface area contributed by atoms with Crippen molar-refractivity contribution < 1.29 is 63.3 Å². The summed E-state index contributed by atoms with van der Waals surface area (Å²) in [6.07, 6.45) is 3.33. The number of rotatable bonds is 14. The fourth-order valence-corrected chi connectivity index (χ4v) is 6.61. The van der Waals surface area contributed by atoms with Gasteiger partial charge in [-0.05, 0) is 152 Å². The van der Waals surface area contributed by atoms with Crippen LogP contribution in [0.4, 0.5) is 17.6 Å². The maximum atomic E-state index is 13.1. The van der Waals surface area contributed by atoms with Crippen LogP contribution in [0.25, 0.3) is 0 Å². The molecule has 19 heteroatoms. The van der Waals surface area contributed by atoms with Gasteiger partial charge in [-0.25, -0.2) is 22.6 Å². The Balaban J connectivity index is -0.000000893.